The third-order valence-electron chi connectivity index (χ3n) is 4.14. The molecule has 0 aliphatic heterocycles. The number of hydrogen-bond acceptors (Lipinski definition) is 4. The summed E-state index contributed by atoms with van der Waals surface area (Å²) in [6, 6.07) is 11.7. The Bertz CT molecular complexity index is 980. The van der Waals surface area contributed by atoms with E-state index in [2.05, 4.69) is 4.72 Å². The minimum absolute atomic E-state index is 0.0836. The number of benzene rings is 2. The molecular weight excluding hydrogens is 372 g/mol. The normalized spacial score (nSPS) is 12.3. The van der Waals surface area contributed by atoms with E-state index < -0.39 is 20.0 Å². The topological polar surface area (TPSA) is 83.5 Å². The smallest absolute Gasteiger partial charge is 0.242 e. The van der Waals surface area contributed by atoms with Gasteiger partial charge in [0.1, 0.15) is 0 Å². The van der Waals surface area contributed by atoms with Crippen LogP contribution in [0.25, 0.3) is 0 Å². The molecule has 26 heavy (non-hydrogen) atoms. The number of hydrogen-bond donors (Lipinski definition) is 1. The van der Waals surface area contributed by atoms with Gasteiger partial charge in [0, 0.05) is 19.8 Å². The van der Waals surface area contributed by atoms with Crippen molar-refractivity contribution in [1.29, 1.82) is 0 Å². The van der Waals surface area contributed by atoms with E-state index in [1.54, 1.807) is 24.3 Å². The molecule has 0 bridgehead atoms. The Morgan fingerprint density at radius 2 is 1.50 bits per heavy atom. The van der Waals surface area contributed by atoms with Crippen molar-refractivity contribution in [3.63, 3.8) is 0 Å². The van der Waals surface area contributed by atoms with E-state index in [4.69, 9.17) is 0 Å². The highest BCUT2D eigenvalue weighted by atomic mass is 32.2. The van der Waals surface area contributed by atoms with Crippen molar-refractivity contribution in [2.24, 2.45) is 0 Å². The Morgan fingerprint density at radius 1 is 0.885 bits per heavy atom. The lowest BCUT2D eigenvalue weighted by Gasteiger charge is -2.12. The molecule has 0 aliphatic rings. The molecule has 0 radical (unpaired) electrons. The predicted octanol–water partition coefficient (Wildman–Crippen LogP) is 2.54. The summed E-state index contributed by atoms with van der Waals surface area (Å²) < 4.78 is 52.3. The van der Waals surface area contributed by atoms with E-state index in [0.717, 1.165) is 21.0 Å². The van der Waals surface area contributed by atoms with Crippen LogP contribution >= 0.6 is 0 Å². The Balaban J connectivity index is 2.04. The van der Waals surface area contributed by atoms with Gasteiger partial charge in [0.2, 0.25) is 20.0 Å². The minimum atomic E-state index is -3.49. The summed E-state index contributed by atoms with van der Waals surface area (Å²) in [4.78, 5) is 0.183. The van der Waals surface area contributed by atoms with E-state index >= 15 is 0 Å². The van der Waals surface area contributed by atoms with Gasteiger partial charge in [-0.2, -0.15) is 0 Å². The molecule has 0 fully saturated rings. The van der Waals surface area contributed by atoms with Crippen LogP contribution in [-0.2, 0) is 26.5 Å². The third-order valence-corrected chi connectivity index (χ3v) is 7.26. The first-order valence-corrected chi connectivity index (χ1v) is 11.2. The summed E-state index contributed by atoms with van der Waals surface area (Å²) in [6.45, 7) is 3.89. The van der Waals surface area contributed by atoms with Gasteiger partial charge in [0.25, 0.3) is 0 Å². The van der Waals surface area contributed by atoms with Crippen LogP contribution < -0.4 is 4.72 Å². The number of aryl methyl sites for hydroxylation is 3. The molecule has 2 aromatic carbocycles. The highest BCUT2D eigenvalue weighted by Crippen LogP contribution is 2.17. The second-order valence-electron chi connectivity index (χ2n) is 6.40. The predicted molar refractivity (Wildman–Crippen MR) is 104 cm³/mol. The molecule has 0 atom stereocenters. The van der Waals surface area contributed by atoms with E-state index in [1.807, 2.05) is 19.9 Å². The van der Waals surface area contributed by atoms with Crippen molar-refractivity contribution in [3.8, 4) is 0 Å². The van der Waals surface area contributed by atoms with Gasteiger partial charge in [-0.1, -0.05) is 18.2 Å². The maximum absolute atomic E-state index is 12.3. The average Bonchev–Trinajstić information content (AvgIpc) is 2.56. The molecule has 8 heteroatoms. The standard InChI is InChI=1S/C18H24N2O4S2/c1-14-5-8-17(13-15(14)2)19-25(21,22)12-11-16-6-9-18(10-7-16)26(23,24)20(3)4/h5-10,13,19H,11-12H2,1-4H3. The Kier molecular flexibility index (Phi) is 6.10. The molecule has 0 saturated heterocycles. The third kappa shape index (κ3) is 5.06. The van der Waals surface area contributed by atoms with Crippen molar-refractivity contribution in [2.45, 2.75) is 25.2 Å². The van der Waals surface area contributed by atoms with Crippen molar-refractivity contribution >= 4 is 25.7 Å². The Labute approximate surface area is 156 Å². The van der Waals surface area contributed by atoms with Gasteiger partial charge in [0.05, 0.1) is 10.6 Å². The van der Waals surface area contributed by atoms with Crippen LogP contribution in [0.3, 0.4) is 0 Å². The lowest BCUT2D eigenvalue weighted by Crippen LogP contribution is -2.22. The molecule has 0 unspecified atom stereocenters. The quantitative estimate of drug-likeness (QED) is 0.780. The summed E-state index contributed by atoms with van der Waals surface area (Å²) in [7, 11) is -4.04. The molecule has 142 valence electrons. The molecular formula is C18H24N2O4S2. The van der Waals surface area contributed by atoms with Crippen LogP contribution in [0, 0.1) is 13.8 Å². The summed E-state index contributed by atoms with van der Waals surface area (Å²) in [5.74, 6) is -0.0836. The van der Waals surface area contributed by atoms with Crippen LogP contribution in [0.15, 0.2) is 47.4 Å². The monoisotopic (exact) mass is 396 g/mol. The van der Waals surface area contributed by atoms with Crippen LogP contribution in [0.4, 0.5) is 5.69 Å². The molecule has 2 aromatic rings. The van der Waals surface area contributed by atoms with E-state index in [9.17, 15) is 16.8 Å². The first-order valence-electron chi connectivity index (χ1n) is 8.10. The lowest BCUT2D eigenvalue weighted by molar-refractivity contribution is 0.520. The van der Waals surface area contributed by atoms with Crippen LogP contribution in [-0.4, -0.2) is 41.0 Å². The molecule has 0 aromatic heterocycles. The number of sulfonamides is 2. The number of nitrogens with zero attached hydrogens (tertiary/aromatic N) is 1. The molecule has 0 saturated carbocycles. The maximum atomic E-state index is 12.3. The number of rotatable bonds is 7. The number of anilines is 1. The first kappa shape index (κ1) is 20.4. The maximum Gasteiger partial charge on any atom is 0.242 e. The van der Waals surface area contributed by atoms with Gasteiger partial charge < -0.3 is 0 Å². The van der Waals surface area contributed by atoms with Crippen molar-refractivity contribution in [3.05, 3.63) is 59.2 Å². The summed E-state index contributed by atoms with van der Waals surface area (Å²) in [5, 5.41) is 0. The van der Waals surface area contributed by atoms with E-state index in [1.165, 1.54) is 26.2 Å². The highest BCUT2D eigenvalue weighted by molar-refractivity contribution is 7.92. The Morgan fingerprint density at radius 3 is 2.04 bits per heavy atom. The molecule has 2 rings (SSSR count). The average molecular weight is 397 g/mol. The molecule has 0 amide bonds. The molecule has 6 nitrogen and oxygen atoms in total. The van der Waals surface area contributed by atoms with Crippen molar-refractivity contribution in [2.75, 3.05) is 24.6 Å². The Hall–Kier alpha value is -1.90. The molecule has 1 N–H and O–H groups in total. The fraction of sp³-hybridized carbons (Fsp3) is 0.333. The van der Waals surface area contributed by atoms with Crippen molar-refractivity contribution in [1.82, 2.24) is 4.31 Å². The largest absolute Gasteiger partial charge is 0.284 e. The van der Waals surface area contributed by atoms with Gasteiger partial charge in [-0.3, -0.25) is 4.72 Å². The fourth-order valence-corrected chi connectivity index (χ4v) is 4.32. The lowest BCUT2D eigenvalue weighted by atomic mass is 10.1. The molecule has 0 heterocycles. The zero-order valence-electron chi connectivity index (χ0n) is 15.4. The number of nitrogens with one attached hydrogen (secondary N) is 1. The van der Waals surface area contributed by atoms with Gasteiger partial charge in [-0.25, -0.2) is 21.1 Å². The van der Waals surface area contributed by atoms with Gasteiger partial charge in [0.15, 0.2) is 0 Å². The minimum Gasteiger partial charge on any atom is -0.284 e. The summed E-state index contributed by atoms with van der Waals surface area (Å²) >= 11 is 0. The SMILES string of the molecule is Cc1ccc(NS(=O)(=O)CCc2ccc(S(=O)(=O)N(C)C)cc2)cc1C. The van der Waals surface area contributed by atoms with E-state index in [0.29, 0.717) is 12.1 Å². The fourth-order valence-electron chi connectivity index (χ4n) is 2.33. The first-order chi connectivity index (χ1) is 12.0. The molecule has 0 aliphatic carbocycles. The second kappa shape index (κ2) is 7.77. The van der Waals surface area contributed by atoms with Crippen molar-refractivity contribution < 1.29 is 16.8 Å². The second-order valence-corrected chi connectivity index (χ2v) is 10.4. The molecule has 0 spiro atoms. The van der Waals surface area contributed by atoms with Crippen LogP contribution in [0.1, 0.15) is 16.7 Å². The van der Waals surface area contributed by atoms with Crippen LogP contribution in [0.5, 0.6) is 0 Å². The summed E-state index contributed by atoms with van der Waals surface area (Å²) in [5.41, 5.74) is 3.41. The zero-order valence-corrected chi connectivity index (χ0v) is 17.0. The highest BCUT2D eigenvalue weighted by Gasteiger charge is 2.17. The van der Waals surface area contributed by atoms with Crippen LogP contribution in [0.2, 0.25) is 0 Å². The van der Waals surface area contributed by atoms with E-state index in [-0.39, 0.29) is 10.6 Å². The van der Waals surface area contributed by atoms with Gasteiger partial charge in [-0.05, 0) is 61.2 Å². The van der Waals surface area contributed by atoms with Gasteiger partial charge >= 0.3 is 0 Å². The summed E-state index contributed by atoms with van der Waals surface area (Å²) in [6.07, 6.45) is 0.294. The van der Waals surface area contributed by atoms with Gasteiger partial charge in [-0.15, -0.1) is 0 Å². The zero-order chi connectivity index (χ0) is 19.5.